The molecule has 0 N–H and O–H groups in total. The molecular formula is C10H16N2O4S2. The van der Waals surface area contributed by atoms with Crippen molar-refractivity contribution in [2.75, 3.05) is 12.4 Å². The Morgan fingerprint density at radius 1 is 1.28 bits per heavy atom. The Morgan fingerprint density at radius 2 is 2.00 bits per heavy atom. The summed E-state index contributed by atoms with van der Waals surface area (Å²) >= 11 is 0.761. The molecule has 0 atom stereocenters. The molecule has 6 nitrogen and oxygen atoms in total. The maximum atomic E-state index is 11.9. The van der Waals surface area contributed by atoms with Gasteiger partial charge in [-0.3, -0.25) is 0 Å². The minimum Gasteiger partial charge on any atom is -0.461 e. The maximum Gasteiger partial charge on any atom is 0.369 e. The average Bonchev–Trinajstić information content (AvgIpc) is 2.79. The van der Waals surface area contributed by atoms with Crippen molar-refractivity contribution in [2.24, 2.45) is 0 Å². The van der Waals surface area contributed by atoms with Gasteiger partial charge in [-0.2, -0.15) is 0 Å². The number of unbranched alkanes of at least 4 members (excludes halogenated alkanes) is 2. The molecule has 0 aromatic carbocycles. The van der Waals surface area contributed by atoms with Gasteiger partial charge in [0.05, 0.1) is 12.4 Å². The number of rotatable bonds is 7. The van der Waals surface area contributed by atoms with Crippen LogP contribution in [0.5, 0.6) is 0 Å². The highest BCUT2D eigenvalue weighted by atomic mass is 32.2. The standard InChI is InChI=1S/C10H16N2O4S2/c1-3-5-6-7-18(14,15)10-12-11-8(17-10)9(13)16-4-2/h3-7H2,1-2H3. The molecule has 102 valence electrons. The summed E-state index contributed by atoms with van der Waals surface area (Å²) in [6.45, 7) is 3.88. The van der Waals surface area contributed by atoms with Gasteiger partial charge in [-0.1, -0.05) is 31.1 Å². The zero-order valence-corrected chi connectivity index (χ0v) is 12.0. The number of carbonyl (C=O) groups is 1. The second kappa shape index (κ2) is 6.79. The number of sulfone groups is 1. The quantitative estimate of drug-likeness (QED) is 0.561. The van der Waals surface area contributed by atoms with Crippen LogP contribution in [0.2, 0.25) is 0 Å². The average molecular weight is 292 g/mol. The van der Waals surface area contributed by atoms with E-state index in [-0.39, 0.29) is 21.7 Å². The van der Waals surface area contributed by atoms with Crippen molar-refractivity contribution >= 4 is 27.1 Å². The van der Waals surface area contributed by atoms with Crippen LogP contribution in [0.1, 0.15) is 42.9 Å². The van der Waals surface area contributed by atoms with Crippen LogP contribution in [-0.2, 0) is 14.6 Å². The van der Waals surface area contributed by atoms with Gasteiger partial charge < -0.3 is 4.74 Å². The summed E-state index contributed by atoms with van der Waals surface area (Å²) < 4.78 is 28.3. The molecule has 0 aliphatic carbocycles. The van der Waals surface area contributed by atoms with Crippen molar-refractivity contribution in [3.8, 4) is 0 Å². The van der Waals surface area contributed by atoms with Gasteiger partial charge in [-0.25, -0.2) is 13.2 Å². The Labute approximate surface area is 110 Å². The molecule has 1 heterocycles. The zero-order valence-electron chi connectivity index (χ0n) is 10.4. The van der Waals surface area contributed by atoms with Crippen molar-refractivity contribution in [2.45, 2.75) is 37.4 Å². The molecule has 0 spiro atoms. The highest BCUT2D eigenvalue weighted by molar-refractivity contribution is 7.93. The van der Waals surface area contributed by atoms with Crippen molar-refractivity contribution < 1.29 is 17.9 Å². The second-order valence-corrected chi connectivity index (χ2v) is 6.88. The lowest BCUT2D eigenvalue weighted by Gasteiger charge is -1.98. The smallest absolute Gasteiger partial charge is 0.369 e. The van der Waals surface area contributed by atoms with Crippen molar-refractivity contribution in [1.82, 2.24) is 10.2 Å². The Morgan fingerprint density at radius 3 is 2.61 bits per heavy atom. The third-order valence-corrected chi connectivity index (χ3v) is 5.29. The van der Waals surface area contributed by atoms with E-state index in [1.807, 2.05) is 6.92 Å². The van der Waals surface area contributed by atoms with Gasteiger partial charge in [-0.05, 0) is 13.3 Å². The molecule has 0 aliphatic heterocycles. The van der Waals surface area contributed by atoms with Crippen molar-refractivity contribution in [3.63, 3.8) is 0 Å². The van der Waals surface area contributed by atoms with E-state index in [0.29, 0.717) is 6.42 Å². The fourth-order valence-corrected chi connectivity index (χ4v) is 3.63. The molecule has 0 unspecified atom stereocenters. The molecule has 0 fully saturated rings. The van der Waals surface area contributed by atoms with Gasteiger partial charge in [0.1, 0.15) is 0 Å². The lowest BCUT2D eigenvalue weighted by molar-refractivity contribution is 0.0525. The number of esters is 1. The fourth-order valence-electron chi connectivity index (χ4n) is 1.24. The summed E-state index contributed by atoms with van der Waals surface area (Å²) in [7, 11) is -3.42. The first-order valence-electron chi connectivity index (χ1n) is 5.74. The summed E-state index contributed by atoms with van der Waals surface area (Å²) in [4.78, 5) is 11.3. The maximum absolute atomic E-state index is 11.9. The predicted octanol–water partition coefficient (Wildman–Crippen LogP) is 1.68. The van der Waals surface area contributed by atoms with Gasteiger partial charge >= 0.3 is 5.97 Å². The van der Waals surface area contributed by atoms with Gasteiger partial charge in [-0.15, -0.1) is 10.2 Å². The van der Waals surface area contributed by atoms with Crippen LogP contribution >= 0.6 is 11.3 Å². The minimum atomic E-state index is -3.42. The topological polar surface area (TPSA) is 86.2 Å². The fraction of sp³-hybridized carbons (Fsp3) is 0.700. The van der Waals surface area contributed by atoms with Crippen LogP contribution in [0.15, 0.2) is 4.34 Å². The molecule has 8 heteroatoms. The summed E-state index contributed by atoms with van der Waals surface area (Å²) in [5.74, 6) is -0.594. The van der Waals surface area contributed by atoms with Crippen LogP contribution in [0.3, 0.4) is 0 Å². The molecule has 0 bridgehead atoms. The third-order valence-electron chi connectivity index (χ3n) is 2.14. The third kappa shape index (κ3) is 4.02. The van der Waals surface area contributed by atoms with Gasteiger partial charge in [0, 0.05) is 0 Å². The largest absolute Gasteiger partial charge is 0.461 e. The highest BCUT2D eigenvalue weighted by Gasteiger charge is 2.22. The molecule has 1 aromatic rings. The number of hydrogen-bond acceptors (Lipinski definition) is 7. The van der Waals surface area contributed by atoms with Crippen LogP contribution in [0.4, 0.5) is 0 Å². The van der Waals surface area contributed by atoms with E-state index in [1.54, 1.807) is 6.92 Å². The molecule has 1 aromatic heterocycles. The van der Waals surface area contributed by atoms with E-state index in [4.69, 9.17) is 4.74 Å². The van der Waals surface area contributed by atoms with E-state index in [1.165, 1.54) is 0 Å². The normalized spacial score (nSPS) is 11.4. The summed E-state index contributed by atoms with van der Waals surface area (Å²) in [5.41, 5.74) is 0. The van der Waals surface area contributed by atoms with Crippen LogP contribution < -0.4 is 0 Å². The number of hydrogen-bond donors (Lipinski definition) is 0. The Balaban J connectivity index is 2.75. The van der Waals surface area contributed by atoms with Gasteiger partial charge in [0.15, 0.2) is 0 Å². The van der Waals surface area contributed by atoms with E-state index >= 15 is 0 Å². The Bertz CT molecular complexity index is 496. The SMILES string of the molecule is CCCCCS(=O)(=O)c1nnc(C(=O)OCC)s1. The predicted molar refractivity (Wildman–Crippen MR) is 67.4 cm³/mol. The molecule has 0 radical (unpaired) electrons. The van der Waals surface area contributed by atoms with Crippen molar-refractivity contribution in [1.29, 1.82) is 0 Å². The molecule has 0 aliphatic rings. The molecule has 0 saturated heterocycles. The van der Waals surface area contributed by atoms with Gasteiger partial charge in [0.25, 0.3) is 0 Å². The van der Waals surface area contributed by atoms with E-state index in [0.717, 1.165) is 24.2 Å². The molecule has 0 amide bonds. The summed E-state index contributed by atoms with van der Waals surface area (Å²) in [5, 5.41) is 7.07. The van der Waals surface area contributed by atoms with E-state index in [2.05, 4.69) is 10.2 Å². The molecular weight excluding hydrogens is 276 g/mol. The lowest BCUT2D eigenvalue weighted by atomic mass is 10.3. The van der Waals surface area contributed by atoms with Crippen LogP contribution in [-0.4, -0.2) is 36.9 Å². The monoisotopic (exact) mass is 292 g/mol. The lowest BCUT2D eigenvalue weighted by Crippen LogP contribution is -2.06. The number of carbonyl (C=O) groups excluding carboxylic acids is 1. The van der Waals surface area contributed by atoms with Crippen molar-refractivity contribution in [3.05, 3.63) is 5.01 Å². The first-order valence-corrected chi connectivity index (χ1v) is 8.21. The summed E-state index contributed by atoms with van der Waals surface area (Å²) in [6.07, 6.45) is 2.38. The van der Waals surface area contributed by atoms with E-state index < -0.39 is 15.8 Å². The van der Waals surface area contributed by atoms with E-state index in [9.17, 15) is 13.2 Å². The van der Waals surface area contributed by atoms with Gasteiger partial charge in [0.2, 0.25) is 19.2 Å². The minimum absolute atomic E-state index is 0.0223. The second-order valence-electron chi connectivity index (χ2n) is 3.62. The Hall–Kier alpha value is -1.02. The first-order chi connectivity index (χ1) is 8.51. The zero-order chi connectivity index (χ0) is 13.6. The number of ether oxygens (including phenoxy) is 1. The first kappa shape index (κ1) is 15.0. The Kier molecular flexibility index (Phi) is 5.67. The number of nitrogens with zero attached hydrogens (tertiary/aromatic N) is 2. The highest BCUT2D eigenvalue weighted by Crippen LogP contribution is 2.19. The summed E-state index contributed by atoms with van der Waals surface area (Å²) in [6, 6.07) is 0. The van der Waals surface area contributed by atoms with Crippen LogP contribution in [0, 0.1) is 0 Å². The molecule has 0 saturated carbocycles. The number of aromatic nitrogens is 2. The molecule has 18 heavy (non-hydrogen) atoms. The van der Waals surface area contributed by atoms with Crippen LogP contribution in [0.25, 0.3) is 0 Å². The molecule has 1 rings (SSSR count).